The highest BCUT2D eigenvalue weighted by atomic mass is 15.0. The first-order chi connectivity index (χ1) is 5.57. The summed E-state index contributed by atoms with van der Waals surface area (Å²) in [6, 6.07) is 0. The second-order valence-electron chi connectivity index (χ2n) is 3.27. The topological polar surface area (TPSA) is 3.24 Å². The molecule has 0 bridgehead atoms. The Morgan fingerprint density at radius 1 is 1.42 bits per heavy atom. The molecule has 0 spiro atoms. The number of allylic oxidation sites excluding steroid dienone is 3. The van der Waals surface area contributed by atoms with Crippen LogP contribution in [0.5, 0.6) is 0 Å². The van der Waals surface area contributed by atoms with Gasteiger partial charge in [0.2, 0.25) is 0 Å². The van der Waals surface area contributed by atoms with Crippen molar-refractivity contribution in [3.63, 3.8) is 0 Å². The molecule has 0 atom stereocenters. The Labute approximate surface area is 76.1 Å². The molecule has 0 aliphatic carbocycles. The Bertz CT molecular complexity index is 187. The molecule has 0 unspecified atom stereocenters. The predicted molar refractivity (Wildman–Crippen MR) is 55.7 cm³/mol. The number of hydrogen-bond donors (Lipinski definition) is 0. The molecule has 0 rings (SSSR count). The molecule has 0 amide bonds. The molecular formula is C11H19N. The summed E-state index contributed by atoms with van der Waals surface area (Å²) in [4.78, 5) is 2.04. The van der Waals surface area contributed by atoms with E-state index in [2.05, 4.69) is 33.6 Å². The van der Waals surface area contributed by atoms with Crippen molar-refractivity contribution >= 4 is 0 Å². The van der Waals surface area contributed by atoms with Gasteiger partial charge in [0.05, 0.1) is 0 Å². The lowest BCUT2D eigenvalue weighted by molar-refractivity contribution is 0.601. The maximum Gasteiger partial charge on any atom is 0.0106 e. The molecule has 0 radical (unpaired) electrons. The Kier molecular flexibility index (Phi) is 5.18. The third-order valence-corrected chi connectivity index (χ3v) is 1.78. The van der Waals surface area contributed by atoms with Crippen molar-refractivity contribution in [1.82, 2.24) is 4.90 Å². The molecule has 1 heteroatoms. The second-order valence-corrected chi connectivity index (χ2v) is 3.27. The van der Waals surface area contributed by atoms with E-state index in [1.54, 1.807) is 6.08 Å². The van der Waals surface area contributed by atoms with Crippen LogP contribution in [0, 0.1) is 5.92 Å². The fraction of sp³-hybridized carbons (Fsp3) is 0.455. The van der Waals surface area contributed by atoms with E-state index in [0.29, 0.717) is 5.92 Å². The van der Waals surface area contributed by atoms with Crippen molar-refractivity contribution in [3.8, 4) is 0 Å². The van der Waals surface area contributed by atoms with Crippen LogP contribution in [0.25, 0.3) is 0 Å². The van der Waals surface area contributed by atoms with Crippen molar-refractivity contribution in [2.75, 3.05) is 7.05 Å². The Morgan fingerprint density at radius 2 is 2.00 bits per heavy atom. The van der Waals surface area contributed by atoms with Crippen LogP contribution in [0.2, 0.25) is 0 Å². The van der Waals surface area contributed by atoms with Crippen LogP contribution in [0.4, 0.5) is 0 Å². The summed E-state index contributed by atoms with van der Waals surface area (Å²) in [6.07, 6.45) is 7.81. The van der Waals surface area contributed by atoms with Crippen molar-refractivity contribution in [1.29, 1.82) is 0 Å². The summed E-state index contributed by atoms with van der Waals surface area (Å²) >= 11 is 0. The molecule has 0 saturated carbocycles. The molecule has 0 aliphatic heterocycles. The van der Waals surface area contributed by atoms with Crippen molar-refractivity contribution in [2.45, 2.75) is 20.8 Å². The minimum absolute atomic E-state index is 0.615. The maximum atomic E-state index is 3.61. The smallest absolute Gasteiger partial charge is 0.0106 e. The van der Waals surface area contributed by atoms with E-state index in [1.165, 1.54) is 5.57 Å². The fourth-order valence-electron chi connectivity index (χ4n) is 0.710. The zero-order valence-electron chi connectivity index (χ0n) is 8.54. The number of rotatable bonds is 4. The first-order valence-corrected chi connectivity index (χ1v) is 4.27. The van der Waals surface area contributed by atoms with E-state index in [0.717, 1.165) is 0 Å². The minimum atomic E-state index is 0.615. The van der Waals surface area contributed by atoms with E-state index < -0.39 is 0 Å². The molecule has 0 aromatic heterocycles. The van der Waals surface area contributed by atoms with Crippen molar-refractivity contribution in [2.24, 2.45) is 5.92 Å². The summed E-state index contributed by atoms with van der Waals surface area (Å²) < 4.78 is 0. The van der Waals surface area contributed by atoms with Gasteiger partial charge in [-0.15, -0.1) is 0 Å². The summed E-state index contributed by atoms with van der Waals surface area (Å²) in [6.45, 7) is 10.1. The summed E-state index contributed by atoms with van der Waals surface area (Å²) in [7, 11) is 2.02. The van der Waals surface area contributed by atoms with Crippen LogP contribution in [0.1, 0.15) is 20.8 Å². The third kappa shape index (κ3) is 4.78. The van der Waals surface area contributed by atoms with Gasteiger partial charge in [0.15, 0.2) is 0 Å². The molecule has 0 saturated heterocycles. The lowest BCUT2D eigenvalue weighted by Gasteiger charge is -2.11. The van der Waals surface area contributed by atoms with Crippen LogP contribution in [0.15, 0.2) is 36.7 Å². The zero-order chi connectivity index (χ0) is 9.56. The molecule has 0 aromatic rings. The standard InChI is InChI=1S/C11H19N/c1-6-7-8-12(5)9-11(4)10(2)3/h6-10H,1H2,2-5H3/b8-7-,11-9+. The normalized spacial score (nSPS) is 12.6. The average Bonchev–Trinajstić information content (AvgIpc) is 2.00. The summed E-state index contributed by atoms with van der Waals surface area (Å²) in [5, 5.41) is 0. The lowest BCUT2D eigenvalue weighted by atomic mass is 10.1. The van der Waals surface area contributed by atoms with E-state index in [-0.39, 0.29) is 0 Å². The quantitative estimate of drug-likeness (QED) is 0.578. The van der Waals surface area contributed by atoms with E-state index >= 15 is 0 Å². The van der Waals surface area contributed by atoms with Gasteiger partial charge in [-0.2, -0.15) is 0 Å². The van der Waals surface area contributed by atoms with Crippen LogP contribution in [0.3, 0.4) is 0 Å². The van der Waals surface area contributed by atoms with Gasteiger partial charge < -0.3 is 4.90 Å². The van der Waals surface area contributed by atoms with Gasteiger partial charge in [0.1, 0.15) is 0 Å². The fourth-order valence-corrected chi connectivity index (χ4v) is 0.710. The Balaban J connectivity index is 4.13. The monoisotopic (exact) mass is 165 g/mol. The maximum absolute atomic E-state index is 3.61. The van der Waals surface area contributed by atoms with Gasteiger partial charge in [0, 0.05) is 19.4 Å². The summed E-state index contributed by atoms with van der Waals surface area (Å²) in [5.74, 6) is 0.615. The lowest BCUT2D eigenvalue weighted by Crippen LogP contribution is -2.03. The first kappa shape index (κ1) is 11.0. The molecule has 0 heterocycles. The van der Waals surface area contributed by atoms with Crippen molar-refractivity contribution < 1.29 is 0 Å². The molecule has 12 heavy (non-hydrogen) atoms. The highest BCUT2D eigenvalue weighted by Crippen LogP contribution is 2.08. The summed E-state index contributed by atoms with van der Waals surface area (Å²) in [5.41, 5.74) is 1.38. The molecule has 0 aliphatic rings. The van der Waals surface area contributed by atoms with E-state index in [4.69, 9.17) is 0 Å². The predicted octanol–water partition coefficient (Wildman–Crippen LogP) is 3.18. The van der Waals surface area contributed by atoms with Crippen molar-refractivity contribution in [3.05, 3.63) is 36.7 Å². The average molecular weight is 165 g/mol. The van der Waals surface area contributed by atoms with Gasteiger partial charge in [-0.05, 0) is 18.9 Å². The second kappa shape index (κ2) is 5.64. The number of hydrogen-bond acceptors (Lipinski definition) is 1. The van der Waals surface area contributed by atoms with Crippen LogP contribution < -0.4 is 0 Å². The molecule has 0 fully saturated rings. The highest BCUT2D eigenvalue weighted by molar-refractivity contribution is 5.04. The molecule has 0 N–H and O–H groups in total. The van der Waals surface area contributed by atoms with Gasteiger partial charge in [-0.3, -0.25) is 0 Å². The molecule has 0 aromatic carbocycles. The SMILES string of the molecule is C=C/C=C\N(C)/C=C(\C)C(C)C. The molecule has 1 nitrogen and oxygen atoms in total. The van der Waals surface area contributed by atoms with Gasteiger partial charge in [-0.1, -0.05) is 32.1 Å². The van der Waals surface area contributed by atoms with Crippen LogP contribution in [-0.4, -0.2) is 11.9 Å². The van der Waals surface area contributed by atoms with E-state index in [1.807, 2.05) is 24.2 Å². The van der Waals surface area contributed by atoms with Gasteiger partial charge >= 0.3 is 0 Å². The number of nitrogens with zero attached hydrogens (tertiary/aromatic N) is 1. The minimum Gasteiger partial charge on any atom is -0.357 e. The van der Waals surface area contributed by atoms with Crippen LogP contribution >= 0.6 is 0 Å². The third-order valence-electron chi connectivity index (χ3n) is 1.78. The Morgan fingerprint density at radius 3 is 2.42 bits per heavy atom. The van der Waals surface area contributed by atoms with Gasteiger partial charge in [0.25, 0.3) is 0 Å². The zero-order valence-corrected chi connectivity index (χ0v) is 8.54. The van der Waals surface area contributed by atoms with Crippen LogP contribution in [-0.2, 0) is 0 Å². The molecule has 68 valence electrons. The Hall–Kier alpha value is -0.980. The highest BCUT2D eigenvalue weighted by Gasteiger charge is 1.95. The molecular weight excluding hydrogens is 146 g/mol. The largest absolute Gasteiger partial charge is 0.357 e. The van der Waals surface area contributed by atoms with E-state index in [9.17, 15) is 0 Å². The van der Waals surface area contributed by atoms with Gasteiger partial charge in [-0.25, -0.2) is 0 Å². The first-order valence-electron chi connectivity index (χ1n) is 4.27.